The highest BCUT2D eigenvalue weighted by molar-refractivity contribution is 6.05. The van der Waals surface area contributed by atoms with Crippen LogP contribution in [0.15, 0.2) is 108 Å². The van der Waals surface area contributed by atoms with Crippen LogP contribution in [0.25, 0.3) is 33.2 Å². The van der Waals surface area contributed by atoms with Crippen LogP contribution in [-0.2, 0) is 36.8 Å². The second-order valence-electron chi connectivity index (χ2n) is 18.4. The van der Waals surface area contributed by atoms with E-state index in [1.165, 1.54) is 21.4 Å². The van der Waals surface area contributed by atoms with Gasteiger partial charge >= 0.3 is 5.69 Å². The number of aryl methyl sites for hydroxylation is 2. The van der Waals surface area contributed by atoms with Gasteiger partial charge in [-0.05, 0) is 153 Å². The van der Waals surface area contributed by atoms with Crippen LogP contribution in [0.2, 0.25) is 0 Å². The number of anilines is 2. The van der Waals surface area contributed by atoms with E-state index in [0.29, 0.717) is 35.2 Å². The molecule has 3 N–H and O–H groups in total. The molecule has 10 rings (SSSR count). The monoisotopic (exact) mass is 884 g/mol. The van der Waals surface area contributed by atoms with Crippen molar-refractivity contribution >= 4 is 51.3 Å². The van der Waals surface area contributed by atoms with Gasteiger partial charge < -0.3 is 15.2 Å². The molecule has 338 valence electrons. The van der Waals surface area contributed by atoms with Crippen LogP contribution in [0.5, 0.6) is 0 Å². The van der Waals surface area contributed by atoms with Gasteiger partial charge in [0.1, 0.15) is 17.5 Å². The summed E-state index contributed by atoms with van der Waals surface area (Å²) in [5.74, 6) is 0.644. The third-order valence-corrected chi connectivity index (χ3v) is 14.5. The summed E-state index contributed by atoms with van der Waals surface area (Å²) in [5.41, 5.74) is 16.6. The fraction of sp³-hybridized carbons (Fsp3) is 0.346. The number of fused-ring (bicyclic) bond motifs is 2. The Balaban J connectivity index is 0.705. The molecular weight excluding hydrogens is 829 g/mol. The molecule has 0 bridgehead atoms. The summed E-state index contributed by atoms with van der Waals surface area (Å²) >= 11 is 0. The topological polar surface area (TPSA) is 157 Å². The molecule has 3 amide bonds. The molecule has 14 heteroatoms. The van der Waals surface area contributed by atoms with Gasteiger partial charge in [0.2, 0.25) is 11.8 Å². The number of aromatic nitrogens is 5. The molecule has 1 atom stereocenters. The minimum Gasteiger partial charge on any atom is -0.384 e. The van der Waals surface area contributed by atoms with Crippen LogP contribution >= 0.6 is 0 Å². The lowest BCUT2D eigenvalue weighted by molar-refractivity contribution is -0.135. The fourth-order valence-electron chi connectivity index (χ4n) is 10.5. The van der Waals surface area contributed by atoms with Crippen molar-refractivity contribution in [2.24, 2.45) is 14.1 Å². The number of carbonyl (C=O) groups is 3. The average molecular weight is 885 g/mol. The van der Waals surface area contributed by atoms with Gasteiger partial charge in [0.15, 0.2) is 0 Å². The average Bonchev–Trinajstić information content (AvgIpc) is 3.79. The Morgan fingerprint density at radius 3 is 2.06 bits per heavy atom. The highest BCUT2D eigenvalue weighted by atomic mass is 16.2. The molecular formula is C52H56N10O4. The van der Waals surface area contributed by atoms with Gasteiger partial charge in [0.05, 0.1) is 11.0 Å². The van der Waals surface area contributed by atoms with Crippen molar-refractivity contribution in [1.29, 1.82) is 0 Å². The van der Waals surface area contributed by atoms with E-state index in [9.17, 15) is 19.2 Å². The van der Waals surface area contributed by atoms with Crippen molar-refractivity contribution in [2.45, 2.75) is 69.5 Å². The van der Waals surface area contributed by atoms with Crippen LogP contribution in [0.4, 0.5) is 11.5 Å². The maximum atomic E-state index is 13.7. The zero-order valence-corrected chi connectivity index (χ0v) is 37.8. The van der Waals surface area contributed by atoms with E-state index in [1.807, 2.05) is 68.0 Å². The Labute approximate surface area is 383 Å². The molecule has 3 fully saturated rings. The highest BCUT2D eigenvalue weighted by Crippen LogP contribution is 2.34. The number of nitrogen functional groups attached to an aromatic ring is 1. The van der Waals surface area contributed by atoms with E-state index in [1.54, 1.807) is 16.5 Å². The van der Waals surface area contributed by atoms with Crippen LogP contribution in [0.3, 0.4) is 0 Å². The molecule has 7 aromatic rings. The molecule has 3 aliphatic heterocycles. The Bertz CT molecular complexity index is 3010. The van der Waals surface area contributed by atoms with Crippen LogP contribution in [-0.4, -0.2) is 84.4 Å². The first-order valence-corrected chi connectivity index (χ1v) is 23.1. The number of benzene rings is 3. The number of likely N-dealkylation sites (tertiary alicyclic amines) is 2. The van der Waals surface area contributed by atoms with E-state index in [0.717, 1.165) is 104 Å². The van der Waals surface area contributed by atoms with Gasteiger partial charge in [-0.3, -0.25) is 38.6 Å². The van der Waals surface area contributed by atoms with Crippen molar-refractivity contribution in [3.05, 3.63) is 142 Å². The van der Waals surface area contributed by atoms with Gasteiger partial charge in [-0.25, -0.2) is 14.8 Å². The predicted molar refractivity (Wildman–Crippen MR) is 257 cm³/mol. The maximum Gasteiger partial charge on any atom is 0.329 e. The Kier molecular flexibility index (Phi) is 11.6. The maximum absolute atomic E-state index is 13.7. The number of hydrogen-bond acceptors (Lipinski definition) is 9. The van der Waals surface area contributed by atoms with Gasteiger partial charge in [-0.15, -0.1) is 0 Å². The number of carbonyl (C=O) groups excluding carboxylic acids is 3. The number of nitrogens with two attached hydrogens (primary N) is 1. The van der Waals surface area contributed by atoms with Crippen molar-refractivity contribution in [2.75, 3.05) is 43.9 Å². The molecule has 0 radical (unpaired) electrons. The van der Waals surface area contributed by atoms with Gasteiger partial charge in [0.25, 0.3) is 5.91 Å². The zero-order valence-electron chi connectivity index (χ0n) is 37.8. The molecule has 14 nitrogen and oxygen atoms in total. The first kappa shape index (κ1) is 43.0. The van der Waals surface area contributed by atoms with Crippen molar-refractivity contribution in [3.8, 4) is 11.1 Å². The number of nitrogens with zero attached hydrogens (tertiary/aromatic N) is 8. The van der Waals surface area contributed by atoms with Crippen LogP contribution in [0, 0.1) is 0 Å². The number of imide groups is 1. The lowest BCUT2D eigenvalue weighted by Crippen LogP contribution is -2.44. The fourth-order valence-corrected chi connectivity index (χ4v) is 10.5. The van der Waals surface area contributed by atoms with Crippen molar-refractivity contribution < 1.29 is 14.4 Å². The summed E-state index contributed by atoms with van der Waals surface area (Å²) in [6.45, 7) is 5.52. The van der Waals surface area contributed by atoms with Gasteiger partial charge in [-0.2, -0.15) is 0 Å². The standard InChI is InChI=1S/C52H56N10O4/c1-57-41(29-43-42(18-23-54-49(43)57)39-11-16-47(53)55-30-39)32-61-26-21-36(22-27-61)34-5-7-38(8-6-34)51(65)58(2)40-12-9-35(10-13-40)37-19-24-60(25-20-37)31-33-4-14-44-46(28-33)59(3)52(66)62(44)45-15-17-48(63)56-50(45)64/h4-14,16,18,23,28-30,36-37,45H,15,17,19-22,24-27,31-32H2,1-3H3,(H2,53,55)(H,56,63,64). The third-order valence-electron chi connectivity index (χ3n) is 14.5. The highest BCUT2D eigenvalue weighted by Gasteiger charge is 2.32. The van der Waals surface area contributed by atoms with Gasteiger partial charge in [0, 0.05) is 80.9 Å². The number of piperidine rings is 3. The van der Waals surface area contributed by atoms with E-state index < -0.39 is 11.9 Å². The predicted octanol–water partition coefficient (Wildman–Crippen LogP) is 6.88. The number of nitrogens with one attached hydrogen (secondary N) is 1. The zero-order chi connectivity index (χ0) is 45.6. The Morgan fingerprint density at radius 2 is 1.41 bits per heavy atom. The SMILES string of the molecule is CN(C(=O)c1ccc(C2CCN(Cc3cc4c(-c5ccc(N)nc5)ccnc4n3C)CC2)cc1)c1ccc(C2CCN(Cc3ccc4c(c3)n(C)c(=O)n4C3CCC(=O)NC3=O)CC2)cc1. The molecule has 7 heterocycles. The Morgan fingerprint density at radius 1 is 0.742 bits per heavy atom. The molecule has 3 aliphatic rings. The molecule has 4 aromatic heterocycles. The summed E-state index contributed by atoms with van der Waals surface area (Å²) in [5, 5.41) is 3.49. The van der Waals surface area contributed by atoms with E-state index >= 15 is 0 Å². The van der Waals surface area contributed by atoms with E-state index in [2.05, 4.69) is 74.2 Å². The Hall–Kier alpha value is -6.90. The summed E-state index contributed by atoms with van der Waals surface area (Å²) in [6.07, 6.45) is 8.39. The lowest BCUT2D eigenvalue weighted by atomic mass is 9.88. The molecule has 66 heavy (non-hydrogen) atoms. The molecule has 3 aromatic carbocycles. The number of hydrogen-bond donors (Lipinski definition) is 2. The molecule has 0 spiro atoms. The normalized spacial score (nSPS) is 18.0. The minimum absolute atomic E-state index is 0.0246. The molecule has 3 saturated heterocycles. The molecule has 0 aliphatic carbocycles. The summed E-state index contributed by atoms with van der Waals surface area (Å²) < 4.78 is 5.32. The summed E-state index contributed by atoms with van der Waals surface area (Å²) in [7, 11) is 5.67. The quantitative estimate of drug-likeness (QED) is 0.140. The second-order valence-corrected chi connectivity index (χ2v) is 18.4. The van der Waals surface area contributed by atoms with E-state index in [4.69, 9.17) is 10.7 Å². The largest absolute Gasteiger partial charge is 0.384 e. The number of amides is 3. The van der Waals surface area contributed by atoms with Crippen LogP contribution in [0.1, 0.15) is 89.1 Å². The molecule has 1 unspecified atom stereocenters. The first-order chi connectivity index (χ1) is 32.0. The summed E-state index contributed by atoms with van der Waals surface area (Å²) in [4.78, 5) is 67.0. The van der Waals surface area contributed by atoms with E-state index in [-0.39, 0.29) is 23.9 Å². The summed E-state index contributed by atoms with van der Waals surface area (Å²) in [6, 6.07) is 30.2. The number of imidazole rings is 1. The second kappa shape index (κ2) is 17.8. The van der Waals surface area contributed by atoms with Gasteiger partial charge in [-0.1, -0.05) is 30.3 Å². The van der Waals surface area contributed by atoms with Crippen molar-refractivity contribution in [3.63, 3.8) is 0 Å². The number of pyridine rings is 2. The molecule has 0 saturated carbocycles. The third kappa shape index (κ3) is 8.30. The minimum atomic E-state index is -0.694. The van der Waals surface area contributed by atoms with Crippen molar-refractivity contribution in [1.82, 2.24) is 38.8 Å². The number of rotatable bonds is 10. The van der Waals surface area contributed by atoms with Crippen LogP contribution < -0.4 is 21.6 Å². The first-order valence-electron chi connectivity index (χ1n) is 23.1. The smallest absolute Gasteiger partial charge is 0.329 e. The lowest BCUT2D eigenvalue weighted by Gasteiger charge is -2.32.